The average molecular weight is 302 g/mol. The highest BCUT2D eigenvalue weighted by molar-refractivity contribution is 6.30. The molecule has 0 atom stereocenters. The van der Waals surface area contributed by atoms with Gasteiger partial charge in [0.15, 0.2) is 6.61 Å². The van der Waals surface area contributed by atoms with Gasteiger partial charge in [-0.3, -0.25) is 4.79 Å². The average Bonchev–Trinajstić information content (AvgIpc) is 2.53. The highest BCUT2D eigenvalue weighted by Crippen LogP contribution is 2.19. The summed E-state index contributed by atoms with van der Waals surface area (Å²) in [4.78, 5) is 14.1. The lowest BCUT2D eigenvalue weighted by Crippen LogP contribution is -2.38. The number of benzene rings is 2. The first kappa shape index (κ1) is 14.0. The Kier molecular flexibility index (Phi) is 4.11. The van der Waals surface area contributed by atoms with Crippen LogP contribution in [0.25, 0.3) is 0 Å². The third-order valence-electron chi connectivity index (χ3n) is 3.66. The maximum atomic E-state index is 12.2. The van der Waals surface area contributed by atoms with Crippen LogP contribution in [0.2, 0.25) is 5.02 Å². The topological polar surface area (TPSA) is 29.5 Å². The van der Waals surface area contributed by atoms with Gasteiger partial charge < -0.3 is 9.64 Å². The third-order valence-corrected chi connectivity index (χ3v) is 3.91. The number of ether oxygens (including phenoxy) is 1. The van der Waals surface area contributed by atoms with Crippen molar-refractivity contribution >= 4 is 17.5 Å². The monoisotopic (exact) mass is 301 g/mol. The first-order valence-corrected chi connectivity index (χ1v) is 7.33. The van der Waals surface area contributed by atoms with Crippen LogP contribution in [-0.4, -0.2) is 24.0 Å². The van der Waals surface area contributed by atoms with Crippen LogP contribution in [0.3, 0.4) is 0 Å². The van der Waals surface area contributed by atoms with E-state index in [4.69, 9.17) is 16.3 Å². The van der Waals surface area contributed by atoms with Crippen molar-refractivity contribution in [2.75, 3.05) is 13.2 Å². The molecule has 1 aliphatic heterocycles. The molecule has 0 spiro atoms. The summed E-state index contributed by atoms with van der Waals surface area (Å²) in [7, 11) is 0. The Morgan fingerprint density at radius 3 is 2.57 bits per heavy atom. The Hall–Kier alpha value is -2.00. The van der Waals surface area contributed by atoms with Crippen molar-refractivity contribution in [1.82, 2.24) is 4.90 Å². The zero-order chi connectivity index (χ0) is 14.7. The summed E-state index contributed by atoms with van der Waals surface area (Å²) in [6.07, 6.45) is 0.906. The summed E-state index contributed by atoms with van der Waals surface area (Å²) in [5.74, 6) is 0.671. The van der Waals surface area contributed by atoms with Crippen LogP contribution in [-0.2, 0) is 17.8 Å². The molecule has 0 bridgehead atoms. The van der Waals surface area contributed by atoms with Gasteiger partial charge in [0.2, 0.25) is 0 Å². The Balaban J connectivity index is 1.58. The van der Waals surface area contributed by atoms with Crippen LogP contribution in [0.5, 0.6) is 5.75 Å². The summed E-state index contributed by atoms with van der Waals surface area (Å²) < 4.78 is 5.51. The van der Waals surface area contributed by atoms with Crippen LogP contribution in [0, 0.1) is 0 Å². The number of rotatable bonds is 3. The van der Waals surface area contributed by atoms with Gasteiger partial charge in [0.1, 0.15) is 5.75 Å². The van der Waals surface area contributed by atoms with E-state index < -0.39 is 0 Å². The number of nitrogens with zero attached hydrogens (tertiary/aromatic N) is 1. The number of hydrogen-bond donors (Lipinski definition) is 0. The second kappa shape index (κ2) is 6.19. The number of carbonyl (C=O) groups is 1. The fourth-order valence-electron chi connectivity index (χ4n) is 2.48. The predicted octanol–water partition coefficient (Wildman–Crippen LogP) is 3.30. The maximum Gasteiger partial charge on any atom is 0.260 e. The molecule has 0 unspecified atom stereocenters. The van der Waals surface area contributed by atoms with Gasteiger partial charge in [-0.05, 0) is 41.8 Å². The molecule has 0 saturated heterocycles. The van der Waals surface area contributed by atoms with Gasteiger partial charge in [-0.1, -0.05) is 35.9 Å². The molecule has 0 radical (unpaired) electrons. The molecule has 1 amide bonds. The molecule has 3 nitrogen and oxygen atoms in total. The smallest absolute Gasteiger partial charge is 0.260 e. The minimum atomic E-state index is 0.0134. The van der Waals surface area contributed by atoms with E-state index >= 15 is 0 Å². The van der Waals surface area contributed by atoms with Crippen molar-refractivity contribution in [2.45, 2.75) is 13.0 Å². The van der Waals surface area contributed by atoms with Gasteiger partial charge >= 0.3 is 0 Å². The van der Waals surface area contributed by atoms with E-state index in [1.54, 1.807) is 24.3 Å². The first-order chi connectivity index (χ1) is 10.2. The summed E-state index contributed by atoms with van der Waals surface area (Å²) in [5.41, 5.74) is 2.56. The lowest BCUT2D eigenvalue weighted by Gasteiger charge is -2.28. The molecular weight excluding hydrogens is 286 g/mol. The van der Waals surface area contributed by atoms with Gasteiger partial charge in [-0.2, -0.15) is 0 Å². The molecule has 2 aromatic carbocycles. The van der Waals surface area contributed by atoms with Gasteiger partial charge in [-0.15, -0.1) is 0 Å². The summed E-state index contributed by atoms with van der Waals surface area (Å²) in [6, 6.07) is 15.3. The molecule has 0 fully saturated rings. The Bertz CT molecular complexity index is 639. The molecule has 3 rings (SSSR count). The Labute approximate surface area is 129 Å². The number of amides is 1. The second-order valence-corrected chi connectivity index (χ2v) is 5.51. The lowest BCUT2D eigenvalue weighted by atomic mass is 10.00. The van der Waals surface area contributed by atoms with E-state index in [0.29, 0.717) is 17.3 Å². The molecule has 4 heteroatoms. The summed E-state index contributed by atoms with van der Waals surface area (Å²) in [5, 5.41) is 0.654. The van der Waals surface area contributed by atoms with Crippen LogP contribution >= 0.6 is 11.6 Å². The summed E-state index contributed by atoms with van der Waals surface area (Å²) in [6.45, 7) is 1.47. The SMILES string of the molecule is O=C(COc1ccc(Cl)cc1)N1CCc2ccccc2C1. The Morgan fingerprint density at radius 2 is 1.81 bits per heavy atom. The minimum absolute atomic E-state index is 0.0134. The molecule has 21 heavy (non-hydrogen) atoms. The van der Waals surface area contributed by atoms with E-state index in [0.717, 1.165) is 13.0 Å². The standard InChI is InChI=1S/C17H16ClNO2/c18-15-5-7-16(8-6-15)21-12-17(20)19-10-9-13-3-1-2-4-14(13)11-19/h1-8H,9-12H2. The van der Waals surface area contributed by atoms with Crippen molar-refractivity contribution in [3.8, 4) is 5.75 Å². The molecular formula is C17H16ClNO2. The van der Waals surface area contributed by atoms with Crippen molar-refractivity contribution in [1.29, 1.82) is 0 Å². The molecule has 1 heterocycles. The lowest BCUT2D eigenvalue weighted by molar-refractivity contribution is -0.134. The highest BCUT2D eigenvalue weighted by Gasteiger charge is 2.20. The normalized spacial score (nSPS) is 13.7. The molecule has 0 aromatic heterocycles. The van der Waals surface area contributed by atoms with Gasteiger partial charge in [0, 0.05) is 18.1 Å². The zero-order valence-corrected chi connectivity index (χ0v) is 12.3. The molecule has 0 aliphatic carbocycles. The van der Waals surface area contributed by atoms with Crippen LogP contribution < -0.4 is 4.74 Å². The Morgan fingerprint density at radius 1 is 1.10 bits per heavy atom. The van der Waals surface area contributed by atoms with E-state index in [1.807, 2.05) is 17.0 Å². The second-order valence-electron chi connectivity index (χ2n) is 5.08. The highest BCUT2D eigenvalue weighted by atomic mass is 35.5. The maximum absolute atomic E-state index is 12.2. The molecule has 0 N–H and O–H groups in total. The fourth-order valence-corrected chi connectivity index (χ4v) is 2.60. The molecule has 1 aliphatic rings. The van der Waals surface area contributed by atoms with E-state index in [9.17, 15) is 4.79 Å². The van der Waals surface area contributed by atoms with Crippen molar-refractivity contribution < 1.29 is 9.53 Å². The van der Waals surface area contributed by atoms with E-state index in [1.165, 1.54) is 11.1 Å². The van der Waals surface area contributed by atoms with E-state index in [2.05, 4.69) is 12.1 Å². The number of halogens is 1. The van der Waals surface area contributed by atoms with E-state index in [-0.39, 0.29) is 12.5 Å². The van der Waals surface area contributed by atoms with Gasteiger partial charge in [0.05, 0.1) is 0 Å². The molecule has 108 valence electrons. The van der Waals surface area contributed by atoms with Crippen LogP contribution in [0.4, 0.5) is 0 Å². The van der Waals surface area contributed by atoms with Gasteiger partial charge in [0.25, 0.3) is 5.91 Å². The number of hydrogen-bond acceptors (Lipinski definition) is 2. The largest absolute Gasteiger partial charge is 0.484 e. The quantitative estimate of drug-likeness (QED) is 0.870. The minimum Gasteiger partial charge on any atom is -0.484 e. The predicted molar refractivity (Wildman–Crippen MR) is 82.5 cm³/mol. The van der Waals surface area contributed by atoms with Crippen LogP contribution in [0.1, 0.15) is 11.1 Å². The third kappa shape index (κ3) is 3.37. The van der Waals surface area contributed by atoms with Gasteiger partial charge in [-0.25, -0.2) is 0 Å². The summed E-state index contributed by atoms with van der Waals surface area (Å²) >= 11 is 5.81. The molecule has 2 aromatic rings. The number of carbonyl (C=O) groups excluding carboxylic acids is 1. The van der Waals surface area contributed by atoms with Crippen molar-refractivity contribution in [3.63, 3.8) is 0 Å². The fraction of sp³-hybridized carbons (Fsp3) is 0.235. The van der Waals surface area contributed by atoms with Crippen molar-refractivity contribution in [3.05, 3.63) is 64.7 Å². The first-order valence-electron chi connectivity index (χ1n) is 6.95. The number of fused-ring (bicyclic) bond motifs is 1. The zero-order valence-electron chi connectivity index (χ0n) is 11.6. The van der Waals surface area contributed by atoms with Crippen LogP contribution in [0.15, 0.2) is 48.5 Å². The molecule has 0 saturated carbocycles. The van der Waals surface area contributed by atoms with Crippen molar-refractivity contribution in [2.24, 2.45) is 0 Å².